The number of carbonyl (C=O) groups is 1. The minimum absolute atomic E-state index is 0.0651. The molecule has 1 aromatic carbocycles. The molecule has 1 aliphatic carbocycles. The number of hydrogen-bond acceptors (Lipinski definition) is 1. The monoisotopic (exact) mass is 301 g/mol. The van der Waals surface area contributed by atoms with Gasteiger partial charge in [0, 0.05) is 18.5 Å². The van der Waals surface area contributed by atoms with E-state index in [2.05, 4.69) is 5.32 Å². The van der Waals surface area contributed by atoms with Crippen LogP contribution in [0.4, 0.5) is 8.78 Å². The van der Waals surface area contributed by atoms with E-state index < -0.39 is 11.6 Å². The van der Waals surface area contributed by atoms with E-state index in [1.807, 2.05) is 0 Å². The highest BCUT2D eigenvalue weighted by atomic mass is 35.5. The van der Waals surface area contributed by atoms with Crippen LogP contribution in [0.15, 0.2) is 18.2 Å². The zero-order valence-electron chi connectivity index (χ0n) is 11.2. The minimum Gasteiger partial charge on any atom is -0.356 e. The normalized spacial score (nSPS) is 21.9. The smallest absolute Gasteiger partial charge is 0.224 e. The predicted molar refractivity (Wildman–Crippen MR) is 74.6 cm³/mol. The van der Waals surface area contributed by atoms with Crippen LogP contribution in [0.1, 0.15) is 24.8 Å². The molecule has 1 fully saturated rings. The molecule has 0 radical (unpaired) electrons. The van der Waals surface area contributed by atoms with Gasteiger partial charge in [-0.05, 0) is 36.3 Å². The summed E-state index contributed by atoms with van der Waals surface area (Å²) in [6.07, 6.45) is 3.26. The van der Waals surface area contributed by atoms with Crippen molar-refractivity contribution < 1.29 is 13.6 Å². The molecule has 0 saturated heterocycles. The van der Waals surface area contributed by atoms with Crippen LogP contribution >= 0.6 is 11.6 Å². The minimum atomic E-state index is -0.681. The van der Waals surface area contributed by atoms with Crippen LogP contribution in [-0.2, 0) is 11.2 Å². The number of amides is 1. The third kappa shape index (κ3) is 3.92. The van der Waals surface area contributed by atoms with Crippen LogP contribution in [0.2, 0.25) is 0 Å². The van der Waals surface area contributed by atoms with Gasteiger partial charge in [-0.1, -0.05) is 12.5 Å². The second-order valence-corrected chi connectivity index (χ2v) is 5.63. The van der Waals surface area contributed by atoms with Crippen molar-refractivity contribution in [2.24, 2.45) is 11.8 Å². The van der Waals surface area contributed by atoms with E-state index in [0.29, 0.717) is 24.3 Å². The van der Waals surface area contributed by atoms with Gasteiger partial charge in [0.2, 0.25) is 5.91 Å². The SMILES string of the molecule is O=C(Cc1ccc(F)cc1F)NCC1CCCC1CCl. The van der Waals surface area contributed by atoms with Crippen molar-refractivity contribution in [3.05, 3.63) is 35.4 Å². The molecule has 0 aromatic heterocycles. The van der Waals surface area contributed by atoms with E-state index in [4.69, 9.17) is 11.6 Å². The Morgan fingerprint density at radius 3 is 2.75 bits per heavy atom. The lowest BCUT2D eigenvalue weighted by molar-refractivity contribution is -0.120. The fourth-order valence-corrected chi connectivity index (χ4v) is 3.14. The number of alkyl halides is 1. The quantitative estimate of drug-likeness (QED) is 0.831. The van der Waals surface area contributed by atoms with Gasteiger partial charge in [-0.3, -0.25) is 4.79 Å². The molecular weight excluding hydrogens is 284 g/mol. The Morgan fingerprint density at radius 2 is 2.05 bits per heavy atom. The third-order valence-electron chi connectivity index (χ3n) is 3.94. The summed E-state index contributed by atoms with van der Waals surface area (Å²) >= 11 is 5.89. The van der Waals surface area contributed by atoms with Crippen molar-refractivity contribution in [3.63, 3.8) is 0 Å². The topological polar surface area (TPSA) is 29.1 Å². The average molecular weight is 302 g/mol. The predicted octanol–water partition coefficient (Wildman–Crippen LogP) is 3.28. The van der Waals surface area contributed by atoms with Crippen LogP contribution in [-0.4, -0.2) is 18.3 Å². The molecule has 2 rings (SSSR count). The zero-order valence-corrected chi connectivity index (χ0v) is 11.9. The molecular formula is C15H18ClF2NO. The summed E-state index contributed by atoms with van der Waals surface area (Å²) in [5.41, 5.74) is 0.212. The van der Waals surface area contributed by atoms with Gasteiger partial charge in [-0.2, -0.15) is 0 Å². The van der Waals surface area contributed by atoms with E-state index in [-0.39, 0.29) is 17.9 Å². The lowest BCUT2D eigenvalue weighted by atomic mass is 9.98. The molecule has 1 saturated carbocycles. The molecule has 110 valence electrons. The van der Waals surface area contributed by atoms with Crippen LogP contribution in [0.3, 0.4) is 0 Å². The highest BCUT2D eigenvalue weighted by Gasteiger charge is 2.26. The molecule has 1 aliphatic rings. The Morgan fingerprint density at radius 1 is 1.30 bits per heavy atom. The molecule has 0 spiro atoms. The van der Waals surface area contributed by atoms with Crippen molar-refractivity contribution in [1.29, 1.82) is 0 Å². The molecule has 1 amide bonds. The van der Waals surface area contributed by atoms with E-state index in [1.165, 1.54) is 6.07 Å². The third-order valence-corrected chi connectivity index (χ3v) is 4.34. The number of halogens is 3. The van der Waals surface area contributed by atoms with Crippen LogP contribution in [0.25, 0.3) is 0 Å². The second kappa shape index (κ2) is 7.02. The van der Waals surface area contributed by atoms with Gasteiger partial charge in [-0.15, -0.1) is 11.6 Å². The van der Waals surface area contributed by atoms with Crippen molar-refractivity contribution in [2.45, 2.75) is 25.7 Å². The first-order valence-electron chi connectivity index (χ1n) is 6.86. The lowest BCUT2D eigenvalue weighted by Gasteiger charge is -2.17. The Bertz CT molecular complexity index is 481. The van der Waals surface area contributed by atoms with Crippen molar-refractivity contribution in [1.82, 2.24) is 5.32 Å². The zero-order chi connectivity index (χ0) is 14.5. The lowest BCUT2D eigenvalue weighted by Crippen LogP contribution is -2.32. The molecule has 5 heteroatoms. The van der Waals surface area contributed by atoms with Crippen molar-refractivity contribution in [3.8, 4) is 0 Å². The summed E-state index contributed by atoms with van der Waals surface area (Å²) in [5, 5.41) is 2.82. The number of hydrogen-bond donors (Lipinski definition) is 1. The van der Waals surface area contributed by atoms with Gasteiger partial charge in [0.25, 0.3) is 0 Å². The van der Waals surface area contributed by atoms with Gasteiger partial charge in [0.05, 0.1) is 6.42 Å². The number of carbonyl (C=O) groups excluding carboxylic acids is 1. The Hall–Kier alpha value is -1.16. The Kier molecular flexibility index (Phi) is 5.35. The van der Waals surface area contributed by atoms with E-state index in [1.54, 1.807) is 0 Å². The Balaban J connectivity index is 1.83. The van der Waals surface area contributed by atoms with Gasteiger partial charge >= 0.3 is 0 Å². The molecule has 0 heterocycles. The second-order valence-electron chi connectivity index (χ2n) is 5.32. The molecule has 2 nitrogen and oxygen atoms in total. The first-order chi connectivity index (χ1) is 9.60. The van der Waals surface area contributed by atoms with Crippen molar-refractivity contribution in [2.75, 3.05) is 12.4 Å². The first kappa shape index (κ1) is 15.2. The molecule has 2 unspecified atom stereocenters. The number of benzene rings is 1. The molecule has 1 aromatic rings. The maximum Gasteiger partial charge on any atom is 0.224 e. The highest BCUT2D eigenvalue weighted by Crippen LogP contribution is 2.31. The van der Waals surface area contributed by atoms with E-state index in [0.717, 1.165) is 31.4 Å². The van der Waals surface area contributed by atoms with Crippen molar-refractivity contribution >= 4 is 17.5 Å². The summed E-state index contributed by atoms with van der Waals surface area (Å²) in [6.45, 7) is 0.582. The molecule has 20 heavy (non-hydrogen) atoms. The van der Waals surface area contributed by atoms with E-state index in [9.17, 15) is 13.6 Å². The fourth-order valence-electron chi connectivity index (χ4n) is 2.73. The molecule has 0 aliphatic heterocycles. The van der Waals surface area contributed by atoms with Gasteiger partial charge < -0.3 is 5.32 Å². The van der Waals surface area contributed by atoms with Crippen LogP contribution < -0.4 is 5.32 Å². The maximum absolute atomic E-state index is 13.4. The molecule has 2 atom stereocenters. The molecule has 1 N–H and O–H groups in total. The number of nitrogens with one attached hydrogen (secondary N) is 1. The Labute approximate surface area is 122 Å². The van der Waals surface area contributed by atoms with Gasteiger partial charge in [-0.25, -0.2) is 8.78 Å². The first-order valence-corrected chi connectivity index (χ1v) is 7.40. The maximum atomic E-state index is 13.4. The van der Waals surface area contributed by atoms with E-state index >= 15 is 0 Å². The van der Waals surface area contributed by atoms with Crippen LogP contribution in [0, 0.1) is 23.5 Å². The fraction of sp³-hybridized carbons (Fsp3) is 0.533. The standard InChI is InChI=1S/C15H18ClF2NO/c16-8-11-2-1-3-12(11)9-19-15(20)6-10-4-5-13(17)7-14(10)18/h4-5,7,11-12H,1-3,6,8-9H2,(H,19,20). The average Bonchev–Trinajstić information content (AvgIpc) is 2.87. The number of rotatable bonds is 5. The summed E-state index contributed by atoms with van der Waals surface area (Å²) in [4.78, 5) is 11.8. The summed E-state index contributed by atoms with van der Waals surface area (Å²) in [5.74, 6) is -0.0698. The van der Waals surface area contributed by atoms with Gasteiger partial charge in [0.1, 0.15) is 11.6 Å². The molecule has 0 bridgehead atoms. The van der Waals surface area contributed by atoms with Gasteiger partial charge in [0.15, 0.2) is 0 Å². The summed E-state index contributed by atoms with van der Waals surface area (Å²) < 4.78 is 26.2. The summed E-state index contributed by atoms with van der Waals surface area (Å²) in [6, 6.07) is 3.26. The largest absolute Gasteiger partial charge is 0.356 e. The summed E-state index contributed by atoms with van der Waals surface area (Å²) in [7, 11) is 0. The highest BCUT2D eigenvalue weighted by molar-refractivity contribution is 6.18. The van der Waals surface area contributed by atoms with Crippen LogP contribution in [0.5, 0.6) is 0 Å².